The lowest BCUT2D eigenvalue weighted by atomic mass is 10.1. The molecule has 0 fully saturated rings. The Morgan fingerprint density at radius 3 is 2.82 bits per heavy atom. The Morgan fingerprint density at radius 1 is 1.55 bits per heavy atom. The van der Waals surface area contributed by atoms with Crippen molar-refractivity contribution in [1.29, 1.82) is 5.26 Å². The number of nitrogens with one attached hydrogen (secondary N) is 1. The Hall–Kier alpha value is -2.91. The number of ether oxygens (including phenoxy) is 2. The molecule has 1 heterocycles. The molecule has 1 N–H and O–H groups in total. The third-order valence-electron chi connectivity index (χ3n) is 2.71. The van der Waals surface area contributed by atoms with Gasteiger partial charge in [0.25, 0.3) is 0 Å². The Morgan fingerprint density at radius 2 is 2.27 bits per heavy atom. The molecule has 0 aliphatic rings. The fourth-order valence-corrected chi connectivity index (χ4v) is 1.71. The smallest absolute Gasteiger partial charge is 0.410 e. The molecule has 0 aromatic carbocycles. The first-order valence-electron chi connectivity index (χ1n) is 6.38. The summed E-state index contributed by atoms with van der Waals surface area (Å²) in [5.41, 5.74) is 1.83. The van der Waals surface area contributed by atoms with Crippen molar-refractivity contribution in [3.05, 3.63) is 60.2 Å². The number of aryl methyl sites for hydroxylation is 1. The zero-order valence-corrected chi connectivity index (χ0v) is 12.5. The maximum atomic E-state index is 11.9. The van der Waals surface area contributed by atoms with E-state index >= 15 is 0 Å². The molecule has 6 heteroatoms. The minimum atomic E-state index is -0.722. The molecule has 22 heavy (non-hydrogen) atoms. The highest BCUT2D eigenvalue weighted by Crippen LogP contribution is 2.22. The first-order valence-corrected chi connectivity index (χ1v) is 6.38. The highest BCUT2D eigenvalue weighted by molar-refractivity contribution is 5.86. The van der Waals surface area contributed by atoms with Crippen molar-refractivity contribution in [3.63, 3.8) is 0 Å². The van der Waals surface area contributed by atoms with E-state index in [1.54, 1.807) is 6.92 Å². The van der Waals surface area contributed by atoms with Crippen molar-refractivity contribution in [2.45, 2.75) is 13.5 Å². The molecule has 1 rings (SSSR count). The number of aromatic nitrogens is 1. The highest BCUT2D eigenvalue weighted by atomic mass is 16.6. The third kappa shape index (κ3) is 4.30. The summed E-state index contributed by atoms with van der Waals surface area (Å²) in [5.74, 6) is 0.251. The van der Waals surface area contributed by atoms with Gasteiger partial charge in [-0.15, -0.1) is 0 Å². The Balaban J connectivity index is 3.05. The number of nitriles is 1. The summed E-state index contributed by atoms with van der Waals surface area (Å²) in [6.07, 6.45) is 5.08. The van der Waals surface area contributed by atoms with Crippen molar-refractivity contribution in [2.75, 3.05) is 12.4 Å². The SMILES string of the molecule is C=C/C=C(\C=C)OC(=O)Nc1cnc(C)c(C#N)c1COC. The van der Waals surface area contributed by atoms with Gasteiger partial charge in [-0.25, -0.2) is 4.79 Å². The van der Waals surface area contributed by atoms with E-state index < -0.39 is 6.09 Å². The van der Waals surface area contributed by atoms with Crippen LogP contribution in [0.25, 0.3) is 0 Å². The molecule has 1 aromatic heterocycles. The second-order valence-corrected chi connectivity index (χ2v) is 4.18. The van der Waals surface area contributed by atoms with Crippen LogP contribution in [0.1, 0.15) is 16.8 Å². The number of rotatable bonds is 6. The molecular formula is C16H17N3O3. The van der Waals surface area contributed by atoms with Gasteiger partial charge in [-0.2, -0.15) is 5.26 Å². The average molecular weight is 299 g/mol. The number of methoxy groups -OCH3 is 1. The van der Waals surface area contributed by atoms with Gasteiger partial charge in [-0.1, -0.05) is 19.2 Å². The third-order valence-corrected chi connectivity index (χ3v) is 2.71. The molecule has 0 aliphatic heterocycles. The van der Waals surface area contributed by atoms with Gasteiger partial charge in [-0.05, 0) is 19.1 Å². The van der Waals surface area contributed by atoms with E-state index in [1.165, 1.54) is 31.5 Å². The van der Waals surface area contributed by atoms with Crippen molar-refractivity contribution in [3.8, 4) is 6.07 Å². The number of anilines is 1. The summed E-state index contributed by atoms with van der Waals surface area (Å²) in [5, 5.41) is 11.8. The monoisotopic (exact) mass is 299 g/mol. The van der Waals surface area contributed by atoms with Gasteiger partial charge in [0, 0.05) is 12.7 Å². The van der Waals surface area contributed by atoms with Crippen LogP contribution in [0.5, 0.6) is 0 Å². The predicted octanol–water partition coefficient (Wildman–Crippen LogP) is 3.21. The molecule has 0 unspecified atom stereocenters. The standard InChI is InChI=1S/C16H17N3O3/c1-5-7-12(6-2)22-16(20)19-15-9-18-11(3)13(8-17)14(15)10-21-4/h5-7,9H,1-2,10H2,3-4H3,(H,19,20)/b12-7+. The van der Waals surface area contributed by atoms with Gasteiger partial charge in [0.1, 0.15) is 11.8 Å². The largest absolute Gasteiger partial charge is 0.417 e. The normalized spacial score (nSPS) is 10.5. The Labute approximate surface area is 129 Å². The van der Waals surface area contributed by atoms with Crippen LogP contribution >= 0.6 is 0 Å². The molecule has 1 aromatic rings. The van der Waals surface area contributed by atoms with Crippen molar-refractivity contribution >= 4 is 11.8 Å². The van der Waals surface area contributed by atoms with Gasteiger partial charge in [0.15, 0.2) is 0 Å². The molecule has 0 radical (unpaired) electrons. The summed E-state index contributed by atoms with van der Waals surface area (Å²) in [7, 11) is 1.50. The Bertz CT molecular complexity index is 657. The lowest BCUT2D eigenvalue weighted by Gasteiger charge is -2.13. The van der Waals surface area contributed by atoms with Crippen LogP contribution in [0.4, 0.5) is 10.5 Å². The fourth-order valence-electron chi connectivity index (χ4n) is 1.71. The number of carbonyl (C=O) groups is 1. The average Bonchev–Trinajstić information content (AvgIpc) is 2.50. The van der Waals surface area contributed by atoms with Gasteiger partial charge in [-0.3, -0.25) is 10.3 Å². The van der Waals surface area contributed by atoms with E-state index in [1.807, 2.05) is 0 Å². The van der Waals surface area contributed by atoms with Gasteiger partial charge in [0.05, 0.1) is 29.7 Å². The number of pyridine rings is 1. The minimum absolute atomic E-state index is 0.165. The van der Waals surface area contributed by atoms with E-state index in [9.17, 15) is 10.1 Å². The molecule has 6 nitrogen and oxygen atoms in total. The molecule has 0 bridgehead atoms. The Kier molecular flexibility index (Phi) is 6.54. The number of amides is 1. The van der Waals surface area contributed by atoms with Crippen LogP contribution in [-0.2, 0) is 16.1 Å². The van der Waals surface area contributed by atoms with E-state index in [0.717, 1.165) is 0 Å². The van der Waals surface area contributed by atoms with Crippen molar-refractivity contribution in [2.24, 2.45) is 0 Å². The van der Waals surface area contributed by atoms with Crippen LogP contribution in [0.2, 0.25) is 0 Å². The number of hydrogen-bond acceptors (Lipinski definition) is 5. The molecule has 0 saturated carbocycles. The molecule has 0 aliphatic carbocycles. The molecule has 0 saturated heterocycles. The van der Waals surface area contributed by atoms with Crippen LogP contribution in [0.3, 0.4) is 0 Å². The van der Waals surface area contributed by atoms with Crippen LogP contribution in [0, 0.1) is 18.3 Å². The second-order valence-electron chi connectivity index (χ2n) is 4.18. The van der Waals surface area contributed by atoms with Crippen LogP contribution in [-0.4, -0.2) is 18.2 Å². The predicted molar refractivity (Wildman–Crippen MR) is 83.0 cm³/mol. The van der Waals surface area contributed by atoms with E-state index in [0.29, 0.717) is 22.5 Å². The fraction of sp³-hybridized carbons (Fsp3) is 0.188. The number of nitrogens with zero attached hydrogens (tertiary/aromatic N) is 2. The topological polar surface area (TPSA) is 84.2 Å². The van der Waals surface area contributed by atoms with Gasteiger partial charge in [0.2, 0.25) is 0 Å². The van der Waals surface area contributed by atoms with Crippen LogP contribution < -0.4 is 5.32 Å². The maximum absolute atomic E-state index is 11.9. The summed E-state index contributed by atoms with van der Waals surface area (Å²) < 4.78 is 10.1. The maximum Gasteiger partial charge on any atom is 0.417 e. The summed E-state index contributed by atoms with van der Waals surface area (Å²) in [6.45, 7) is 8.92. The molecule has 114 valence electrons. The first kappa shape index (κ1) is 17.1. The number of allylic oxidation sites excluding steroid dienone is 3. The van der Waals surface area contributed by atoms with E-state index in [4.69, 9.17) is 9.47 Å². The van der Waals surface area contributed by atoms with Gasteiger partial charge < -0.3 is 9.47 Å². The minimum Gasteiger partial charge on any atom is -0.410 e. The zero-order chi connectivity index (χ0) is 16.5. The highest BCUT2D eigenvalue weighted by Gasteiger charge is 2.15. The number of carbonyl (C=O) groups excluding carboxylic acids is 1. The van der Waals surface area contributed by atoms with E-state index in [-0.39, 0.29) is 12.4 Å². The van der Waals surface area contributed by atoms with Crippen LogP contribution in [0.15, 0.2) is 43.3 Å². The first-order chi connectivity index (χ1) is 10.6. The van der Waals surface area contributed by atoms with Crippen molar-refractivity contribution < 1.29 is 14.3 Å². The lowest BCUT2D eigenvalue weighted by molar-refractivity contribution is 0.184. The van der Waals surface area contributed by atoms with Crippen molar-refractivity contribution in [1.82, 2.24) is 4.98 Å². The summed E-state index contributed by atoms with van der Waals surface area (Å²) in [6, 6.07) is 2.06. The summed E-state index contributed by atoms with van der Waals surface area (Å²) in [4.78, 5) is 16.0. The van der Waals surface area contributed by atoms with E-state index in [2.05, 4.69) is 29.5 Å². The molecule has 0 spiro atoms. The van der Waals surface area contributed by atoms with Gasteiger partial charge >= 0.3 is 6.09 Å². The molecule has 1 amide bonds. The quantitative estimate of drug-likeness (QED) is 0.644. The lowest BCUT2D eigenvalue weighted by Crippen LogP contribution is -2.16. The second kappa shape index (κ2) is 8.39. The summed E-state index contributed by atoms with van der Waals surface area (Å²) >= 11 is 0. The zero-order valence-electron chi connectivity index (χ0n) is 12.5. The number of hydrogen-bond donors (Lipinski definition) is 1. The molecular weight excluding hydrogens is 282 g/mol. The molecule has 0 atom stereocenters.